The van der Waals surface area contributed by atoms with E-state index in [9.17, 15) is 4.79 Å². The third-order valence-corrected chi connectivity index (χ3v) is 6.28. The summed E-state index contributed by atoms with van der Waals surface area (Å²) in [4.78, 5) is 12.9. The van der Waals surface area contributed by atoms with E-state index in [1.54, 1.807) is 7.11 Å². The van der Waals surface area contributed by atoms with Crippen LogP contribution in [0.15, 0.2) is 42.0 Å². The summed E-state index contributed by atoms with van der Waals surface area (Å²) in [5.74, 6) is 1.58. The molecule has 1 aromatic rings. The van der Waals surface area contributed by atoms with Gasteiger partial charge in [0.1, 0.15) is 5.78 Å². The Morgan fingerprint density at radius 3 is 2.54 bits per heavy atom. The Hall–Kier alpha value is -1.45. The molecule has 1 fully saturated rings. The lowest BCUT2D eigenvalue weighted by molar-refractivity contribution is -0.129. The van der Waals surface area contributed by atoms with Crippen molar-refractivity contribution >= 4 is 5.78 Å². The number of fused-ring (bicyclic) bond motifs is 2. The zero-order chi connectivity index (χ0) is 18.5. The third-order valence-electron chi connectivity index (χ3n) is 6.28. The van der Waals surface area contributed by atoms with Gasteiger partial charge in [0.25, 0.3) is 0 Å². The van der Waals surface area contributed by atoms with Crippen LogP contribution in [0.3, 0.4) is 0 Å². The van der Waals surface area contributed by atoms with Gasteiger partial charge in [-0.3, -0.25) is 4.79 Å². The Kier molecular flexibility index (Phi) is 6.66. The van der Waals surface area contributed by atoms with Crippen molar-refractivity contribution < 1.29 is 14.3 Å². The van der Waals surface area contributed by atoms with Crippen molar-refractivity contribution in [1.82, 2.24) is 0 Å². The summed E-state index contributed by atoms with van der Waals surface area (Å²) in [5, 5.41) is 0. The third kappa shape index (κ3) is 3.94. The van der Waals surface area contributed by atoms with E-state index < -0.39 is 0 Å². The van der Waals surface area contributed by atoms with Crippen LogP contribution in [0.2, 0.25) is 0 Å². The molecule has 1 aromatic carbocycles. The summed E-state index contributed by atoms with van der Waals surface area (Å²) in [5.41, 5.74) is 2.50. The summed E-state index contributed by atoms with van der Waals surface area (Å²) < 4.78 is 11.9. The normalized spacial score (nSPS) is 31.4. The number of benzene rings is 1. The molecule has 2 aliphatic carbocycles. The van der Waals surface area contributed by atoms with Crippen LogP contribution in [-0.2, 0) is 20.9 Å². The van der Waals surface area contributed by atoms with Gasteiger partial charge in [-0.2, -0.15) is 0 Å². The largest absolute Gasteiger partial charge is 0.376 e. The van der Waals surface area contributed by atoms with E-state index in [0.29, 0.717) is 37.3 Å². The fourth-order valence-electron chi connectivity index (χ4n) is 4.92. The number of carbonyl (C=O) groups is 1. The van der Waals surface area contributed by atoms with Crippen LogP contribution in [0.25, 0.3) is 0 Å². The van der Waals surface area contributed by atoms with Crippen molar-refractivity contribution in [2.24, 2.45) is 23.7 Å². The van der Waals surface area contributed by atoms with Crippen molar-refractivity contribution in [3.63, 3.8) is 0 Å². The minimum Gasteiger partial charge on any atom is -0.376 e. The molecule has 3 nitrogen and oxygen atoms in total. The van der Waals surface area contributed by atoms with Gasteiger partial charge in [-0.05, 0) is 35.8 Å². The van der Waals surface area contributed by atoms with Gasteiger partial charge in [0.15, 0.2) is 0 Å². The molecular formula is C23H32O3. The zero-order valence-electron chi connectivity index (χ0n) is 16.3. The van der Waals surface area contributed by atoms with E-state index in [4.69, 9.17) is 9.47 Å². The van der Waals surface area contributed by atoms with Crippen LogP contribution < -0.4 is 0 Å². The highest BCUT2D eigenvalue weighted by Crippen LogP contribution is 2.45. The van der Waals surface area contributed by atoms with E-state index in [-0.39, 0.29) is 17.9 Å². The first kappa shape index (κ1) is 19.3. The standard InChI is InChI=1S/C23H32O3/c1-4-17-13-20-18(15-26-14-16-9-7-6-8-10-16)11-12-21(24)22(19(17)5-2)23(20)25-3/h6-10,13,17-19,22-23H,4-5,11-12,14-15H2,1-3H3/t17-,18-,19+,22+,23+/m1/s1. The predicted molar refractivity (Wildman–Crippen MR) is 104 cm³/mol. The van der Waals surface area contributed by atoms with E-state index in [1.807, 2.05) is 18.2 Å². The first-order valence-corrected chi connectivity index (χ1v) is 10.1. The van der Waals surface area contributed by atoms with Gasteiger partial charge in [0.2, 0.25) is 0 Å². The SMILES string of the molecule is CC[C@@H]1[C@H]2C(=O)CC[C@H](COCc3ccccc3)C(=C[C@H]1CC)[C@@H]2OC. The number of methoxy groups -OCH3 is 1. The minimum absolute atomic E-state index is 0.0223. The second kappa shape index (κ2) is 8.96. The molecule has 2 aliphatic rings. The smallest absolute Gasteiger partial charge is 0.139 e. The molecule has 0 aliphatic heterocycles. The summed E-state index contributed by atoms with van der Waals surface area (Å²) in [6, 6.07) is 10.3. The number of ketones is 1. The molecule has 3 heteroatoms. The lowest BCUT2D eigenvalue weighted by atomic mass is 9.67. The molecule has 0 spiro atoms. The molecule has 0 radical (unpaired) electrons. The number of allylic oxidation sites excluding steroid dienone is 1. The Bertz CT molecular complexity index is 622. The lowest BCUT2D eigenvalue weighted by Crippen LogP contribution is -2.43. The molecule has 0 unspecified atom stereocenters. The number of Topliss-reactive ketones (excluding diaryl/α,β-unsaturated/α-hetero) is 1. The van der Waals surface area contributed by atoms with Gasteiger partial charge in [-0.1, -0.05) is 56.7 Å². The van der Waals surface area contributed by atoms with Gasteiger partial charge in [0.05, 0.1) is 25.2 Å². The summed E-state index contributed by atoms with van der Waals surface area (Å²) >= 11 is 0. The molecule has 0 saturated heterocycles. The zero-order valence-corrected chi connectivity index (χ0v) is 16.3. The monoisotopic (exact) mass is 356 g/mol. The summed E-state index contributed by atoms with van der Waals surface area (Å²) in [7, 11) is 1.75. The van der Waals surface area contributed by atoms with Gasteiger partial charge < -0.3 is 9.47 Å². The molecular weight excluding hydrogens is 324 g/mol. The van der Waals surface area contributed by atoms with Gasteiger partial charge in [0, 0.05) is 19.4 Å². The molecule has 0 aromatic heterocycles. The average Bonchev–Trinajstić information content (AvgIpc) is 2.77. The highest BCUT2D eigenvalue weighted by molar-refractivity contribution is 5.83. The Morgan fingerprint density at radius 1 is 1.12 bits per heavy atom. The van der Waals surface area contributed by atoms with Crippen molar-refractivity contribution in [3.05, 3.63) is 47.5 Å². The fourth-order valence-corrected chi connectivity index (χ4v) is 4.92. The number of rotatable bonds is 7. The first-order chi connectivity index (χ1) is 12.7. The van der Waals surface area contributed by atoms with Crippen molar-refractivity contribution in [2.45, 2.75) is 52.2 Å². The summed E-state index contributed by atoms with van der Waals surface area (Å²) in [6.45, 7) is 5.72. The van der Waals surface area contributed by atoms with Gasteiger partial charge in [-0.25, -0.2) is 0 Å². The Balaban J connectivity index is 1.78. The van der Waals surface area contributed by atoms with E-state index in [0.717, 1.165) is 19.3 Å². The van der Waals surface area contributed by atoms with Crippen LogP contribution in [0, 0.1) is 23.7 Å². The van der Waals surface area contributed by atoms with Crippen LogP contribution in [0.4, 0.5) is 0 Å². The second-order valence-corrected chi connectivity index (χ2v) is 7.70. The molecule has 5 atom stereocenters. The van der Waals surface area contributed by atoms with Crippen LogP contribution in [0.5, 0.6) is 0 Å². The van der Waals surface area contributed by atoms with Crippen LogP contribution in [0.1, 0.15) is 45.1 Å². The molecule has 26 heavy (non-hydrogen) atoms. The van der Waals surface area contributed by atoms with Crippen LogP contribution in [-0.4, -0.2) is 25.6 Å². The number of ether oxygens (including phenoxy) is 2. The molecule has 3 rings (SSSR count). The van der Waals surface area contributed by atoms with E-state index >= 15 is 0 Å². The topological polar surface area (TPSA) is 35.5 Å². The maximum atomic E-state index is 12.9. The highest BCUT2D eigenvalue weighted by Gasteiger charge is 2.46. The van der Waals surface area contributed by atoms with E-state index in [2.05, 4.69) is 32.1 Å². The van der Waals surface area contributed by atoms with Crippen LogP contribution >= 0.6 is 0 Å². The second-order valence-electron chi connectivity index (χ2n) is 7.70. The molecule has 0 amide bonds. The van der Waals surface area contributed by atoms with Gasteiger partial charge >= 0.3 is 0 Å². The van der Waals surface area contributed by atoms with Crippen molar-refractivity contribution in [3.8, 4) is 0 Å². The molecule has 1 saturated carbocycles. The van der Waals surface area contributed by atoms with Crippen molar-refractivity contribution in [2.75, 3.05) is 13.7 Å². The molecule has 142 valence electrons. The van der Waals surface area contributed by atoms with E-state index in [1.165, 1.54) is 11.1 Å². The number of hydrogen-bond donors (Lipinski definition) is 0. The first-order valence-electron chi connectivity index (χ1n) is 10.1. The quantitative estimate of drug-likeness (QED) is 0.658. The average molecular weight is 357 g/mol. The molecule has 0 N–H and O–H groups in total. The predicted octanol–water partition coefficient (Wildman–Crippen LogP) is 4.81. The summed E-state index contributed by atoms with van der Waals surface area (Å²) in [6.07, 6.45) is 6.00. The maximum absolute atomic E-state index is 12.9. The fraction of sp³-hybridized carbons (Fsp3) is 0.609. The minimum atomic E-state index is -0.0666. The maximum Gasteiger partial charge on any atom is 0.139 e. The Labute approximate surface area is 157 Å². The highest BCUT2D eigenvalue weighted by atomic mass is 16.5. The lowest BCUT2D eigenvalue weighted by Gasteiger charge is -2.41. The number of carbonyl (C=O) groups excluding carboxylic acids is 1. The molecule has 0 heterocycles. The number of hydrogen-bond acceptors (Lipinski definition) is 3. The Morgan fingerprint density at radius 2 is 1.88 bits per heavy atom. The van der Waals surface area contributed by atoms with Crippen molar-refractivity contribution in [1.29, 1.82) is 0 Å². The van der Waals surface area contributed by atoms with Gasteiger partial charge in [-0.15, -0.1) is 0 Å². The molecule has 2 bridgehead atoms.